The number of nitrogens with zero attached hydrogens (tertiary/aromatic N) is 2. The van der Waals surface area contributed by atoms with E-state index in [1.54, 1.807) is 0 Å². The highest BCUT2D eigenvalue weighted by Crippen LogP contribution is 2.40. The quantitative estimate of drug-likeness (QED) is 0.503. The van der Waals surface area contributed by atoms with E-state index in [1.165, 1.54) is 24.3 Å². The number of hydrogen-bond donors (Lipinski definition) is 3. The summed E-state index contributed by atoms with van der Waals surface area (Å²) in [6.07, 6.45) is -3.52. The Hall–Kier alpha value is -3.12. The van der Waals surface area contributed by atoms with Crippen LogP contribution in [0.5, 0.6) is 11.8 Å². The lowest BCUT2D eigenvalue weighted by Gasteiger charge is -2.13. The minimum atomic E-state index is -4.85. The second-order valence-corrected chi connectivity index (χ2v) is 9.25. The normalized spacial score (nSPS) is 14.5. The molecule has 1 fully saturated rings. The Morgan fingerprint density at radius 2 is 1.75 bits per heavy atom. The molecule has 0 amide bonds. The molecule has 0 bridgehead atoms. The van der Waals surface area contributed by atoms with Crippen LogP contribution in [0.1, 0.15) is 24.4 Å². The molecule has 2 aromatic carbocycles. The number of rotatable bonds is 5. The third-order valence-corrected chi connectivity index (χ3v) is 6.57. The van der Waals surface area contributed by atoms with E-state index in [0.29, 0.717) is 18.9 Å². The molecule has 0 aliphatic heterocycles. The van der Waals surface area contributed by atoms with E-state index in [4.69, 9.17) is 11.6 Å². The van der Waals surface area contributed by atoms with Crippen molar-refractivity contribution in [1.82, 2.24) is 9.13 Å². The van der Waals surface area contributed by atoms with Crippen LogP contribution >= 0.6 is 11.6 Å². The summed E-state index contributed by atoms with van der Waals surface area (Å²) < 4.78 is 68.5. The van der Waals surface area contributed by atoms with Gasteiger partial charge in [-0.3, -0.25) is 9.29 Å². The van der Waals surface area contributed by atoms with E-state index in [9.17, 15) is 36.6 Å². The van der Waals surface area contributed by atoms with Crippen LogP contribution in [0.15, 0.2) is 52.2 Å². The zero-order chi connectivity index (χ0) is 23.4. The lowest BCUT2D eigenvalue weighted by atomic mass is 10.2. The van der Waals surface area contributed by atoms with Gasteiger partial charge in [0.05, 0.1) is 26.9 Å². The Morgan fingerprint density at radius 1 is 1.06 bits per heavy atom. The summed E-state index contributed by atoms with van der Waals surface area (Å²) in [5.74, 6) is -1.32. The first-order chi connectivity index (χ1) is 14.9. The molecule has 4 rings (SSSR count). The fraction of sp³-hybridized carbons (Fsp3) is 0.211. The van der Waals surface area contributed by atoms with Gasteiger partial charge in [0.2, 0.25) is 0 Å². The highest BCUT2D eigenvalue weighted by molar-refractivity contribution is 7.92. The van der Waals surface area contributed by atoms with Gasteiger partial charge in [-0.15, -0.1) is 0 Å². The van der Waals surface area contributed by atoms with Gasteiger partial charge < -0.3 is 10.2 Å². The van der Waals surface area contributed by atoms with Crippen LogP contribution in [0, 0.1) is 0 Å². The monoisotopic (exact) mass is 489 g/mol. The van der Waals surface area contributed by atoms with Crippen molar-refractivity contribution < 1.29 is 31.8 Å². The van der Waals surface area contributed by atoms with Gasteiger partial charge in [0.15, 0.2) is 0 Å². The number of benzene rings is 2. The van der Waals surface area contributed by atoms with Gasteiger partial charge in [-0.05, 0) is 49.2 Å². The number of halogens is 4. The lowest BCUT2D eigenvalue weighted by Crippen LogP contribution is -2.22. The van der Waals surface area contributed by atoms with Crippen molar-refractivity contribution in [3.05, 3.63) is 63.5 Å². The number of sulfonamides is 1. The summed E-state index contributed by atoms with van der Waals surface area (Å²) in [5, 5.41) is 19.6. The SMILES string of the molecule is O=c1n(-c2cccc(NS(=O)(=O)c3ccc(Cl)c(C(F)(F)F)c3)c2)c(O)c(O)n1C1CC1. The molecule has 0 radical (unpaired) electrons. The molecule has 1 aromatic heterocycles. The first kappa shape index (κ1) is 22.1. The molecule has 1 saturated carbocycles. The summed E-state index contributed by atoms with van der Waals surface area (Å²) in [4.78, 5) is 12.0. The standard InChI is InChI=1S/C19H15ClF3N3O5S/c20-15-7-6-13(9-14(15)19(21,22)23)32(30,31)24-10-2-1-3-12(8-10)26-17(28)16(27)25(18(26)29)11-4-5-11/h1-3,6-9,11,24,27-28H,4-5H2. The number of anilines is 1. The van der Waals surface area contributed by atoms with Crippen molar-refractivity contribution in [1.29, 1.82) is 0 Å². The van der Waals surface area contributed by atoms with Gasteiger partial charge in [-0.1, -0.05) is 17.7 Å². The van der Waals surface area contributed by atoms with E-state index < -0.39 is 49.1 Å². The van der Waals surface area contributed by atoms with Crippen LogP contribution in [0.4, 0.5) is 18.9 Å². The number of hydrogen-bond acceptors (Lipinski definition) is 5. The van der Waals surface area contributed by atoms with Crippen LogP contribution < -0.4 is 10.4 Å². The second kappa shape index (κ2) is 7.48. The molecular formula is C19H15ClF3N3O5S. The Bertz CT molecular complexity index is 1380. The summed E-state index contributed by atoms with van der Waals surface area (Å²) in [7, 11) is -4.45. The van der Waals surface area contributed by atoms with E-state index in [1.807, 2.05) is 0 Å². The molecule has 170 valence electrons. The molecule has 1 aliphatic rings. The van der Waals surface area contributed by atoms with E-state index in [0.717, 1.165) is 21.3 Å². The van der Waals surface area contributed by atoms with Crippen molar-refractivity contribution in [3.63, 3.8) is 0 Å². The van der Waals surface area contributed by atoms with Gasteiger partial charge in [-0.2, -0.15) is 13.2 Å². The van der Waals surface area contributed by atoms with Gasteiger partial charge in [0.1, 0.15) is 0 Å². The minimum Gasteiger partial charge on any atom is -0.491 e. The first-order valence-electron chi connectivity index (χ1n) is 9.15. The van der Waals surface area contributed by atoms with Gasteiger partial charge in [-0.25, -0.2) is 17.8 Å². The Morgan fingerprint density at radius 3 is 2.38 bits per heavy atom. The number of imidazole rings is 1. The molecule has 32 heavy (non-hydrogen) atoms. The van der Waals surface area contributed by atoms with Crippen molar-refractivity contribution in [3.8, 4) is 17.4 Å². The smallest absolute Gasteiger partial charge is 0.417 e. The molecule has 3 N–H and O–H groups in total. The molecule has 3 aromatic rings. The molecule has 1 aliphatic carbocycles. The maximum absolute atomic E-state index is 13.1. The molecule has 0 saturated heterocycles. The van der Waals surface area contributed by atoms with Gasteiger partial charge >= 0.3 is 11.9 Å². The van der Waals surface area contributed by atoms with E-state index in [2.05, 4.69) is 4.72 Å². The highest BCUT2D eigenvalue weighted by Gasteiger charge is 2.35. The Labute approximate surface area is 184 Å². The third-order valence-electron chi connectivity index (χ3n) is 4.86. The number of aromatic nitrogens is 2. The molecule has 0 unspecified atom stereocenters. The van der Waals surface area contributed by atoms with Gasteiger partial charge in [0.25, 0.3) is 21.8 Å². The maximum atomic E-state index is 13.1. The third kappa shape index (κ3) is 3.91. The van der Waals surface area contributed by atoms with Crippen LogP contribution in [0.25, 0.3) is 5.69 Å². The second-order valence-electron chi connectivity index (χ2n) is 7.16. The van der Waals surface area contributed by atoms with Crippen molar-refractivity contribution in [2.45, 2.75) is 30.0 Å². The Kier molecular flexibility index (Phi) is 5.17. The maximum Gasteiger partial charge on any atom is 0.417 e. The summed E-state index contributed by atoms with van der Waals surface area (Å²) in [6, 6.07) is 7.19. The molecule has 0 atom stereocenters. The molecule has 13 heteroatoms. The lowest BCUT2D eigenvalue weighted by molar-refractivity contribution is -0.137. The molecule has 1 heterocycles. The van der Waals surface area contributed by atoms with Crippen LogP contribution in [0.3, 0.4) is 0 Å². The van der Waals surface area contributed by atoms with E-state index >= 15 is 0 Å². The molecule has 0 spiro atoms. The predicted octanol–water partition coefficient (Wildman–Crippen LogP) is 3.86. The largest absolute Gasteiger partial charge is 0.491 e. The van der Waals surface area contributed by atoms with Crippen molar-refractivity contribution >= 4 is 27.3 Å². The number of aromatic hydroxyl groups is 2. The summed E-state index contributed by atoms with van der Waals surface area (Å²) >= 11 is 5.54. The highest BCUT2D eigenvalue weighted by atomic mass is 35.5. The predicted molar refractivity (Wildman–Crippen MR) is 109 cm³/mol. The first-order valence-corrected chi connectivity index (χ1v) is 11.0. The summed E-state index contributed by atoms with van der Waals surface area (Å²) in [5.41, 5.74) is -2.07. The summed E-state index contributed by atoms with van der Waals surface area (Å²) in [6.45, 7) is 0. The van der Waals surface area contributed by atoms with Crippen LogP contribution in [0.2, 0.25) is 5.02 Å². The van der Waals surface area contributed by atoms with Crippen LogP contribution in [-0.2, 0) is 16.2 Å². The topological polar surface area (TPSA) is 114 Å². The minimum absolute atomic E-state index is 0.0366. The average Bonchev–Trinajstić information content (AvgIpc) is 3.49. The van der Waals surface area contributed by atoms with Crippen LogP contribution in [-0.4, -0.2) is 27.8 Å². The van der Waals surface area contributed by atoms with Crippen molar-refractivity contribution in [2.24, 2.45) is 0 Å². The fourth-order valence-electron chi connectivity index (χ4n) is 3.20. The van der Waals surface area contributed by atoms with Gasteiger partial charge in [0, 0.05) is 6.04 Å². The number of alkyl halides is 3. The zero-order valence-electron chi connectivity index (χ0n) is 16.0. The van der Waals surface area contributed by atoms with E-state index in [-0.39, 0.29) is 17.4 Å². The Balaban J connectivity index is 1.70. The fourth-order valence-corrected chi connectivity index (χ4v) is 4.50. The average molecular weight is 490 g/mol. The number of nitrogens with one attached hydrogen (secondary N) is 1. The van der Waals surface area contributed by atoms with Crippen molar-refractivity contribution in [2.75, 3.05) is 4.72 Å². The molecular weight excluding hydrogens is 475 g/mol. The molecule has 8 nitrogen and oxygen atoms in total. The zero-order valence-corrected chi connectivity index (χ0v) is 17.5.